The lowest BCUT2D eigenvalue weighted by Gasteiger charge is -2.15. The molecule has 0 saturated heterocycles. The zero-order chi connectivity index (χ0) is 17.7. The highest BCUT2D eigenvalue weighted by Gasteiger charge is 2.56. The van der Waals surface area contributed by atoms with Gasteiger partial charge in [-0.05, 0) is 42.5 Å². The van der Waals surface area contributed by atoms with Crippen molar-refractivity contribution in [3.63, 3.8) is 0 Å². The Hall–Kier alpha value is -2.69. The number of halogens is 1. The molecule has 1 fully saturated rings. The zero-order valence-electron chi connectivity index (χ0n) is 13.9. The van der Waals surface area contributed by atoms with Crippen LogP contribution in [-0.4, -0.2) is 18.4 Å². The lowest BCUT2D eigenvalue weighted by Crippen LogP contribution is -2.43. The smallest absolute Gasteiger partial charge is 0.235 e. The molecule has 2 aromatic rings. The van der Waals surface area contributed by atoms with Gasteiger partial charge in [0, 0.05) is 13.1 Å². The van der Waals surface area contributed by atoms with Gasteiger partial charge in [0.25, 0.3) is 0 Å². The Balaban J connectivity index is 1.47. The number of carbonyl (C=O) groups excluding carboxylic acids is 2. The summed E-state index contributed by atoms with van der Waals surface area (Å²) in [4.78, 5) is 24.8. The molecule has 0 atom stereocenters. The fourth-order valence-corrected chi connectivity index (χ4v) is 2.77. The fourth-order valence-electron chi connectivity index (χ4n) is 2.77. The van der Waals surface area contributed by atoms with Gasteiger partial charge in [-0.3, -0.25) is 9.59 Å². The van der Waals surface area contributed by atoms with Crippen LogP contribution in [0.4, 0.5) is 4.39 Å². The van der Waals surface area contributed by atoms with Gasteiger partial charge in [0.1, 0.15) is 11.2 Å². The molecule has 3 rings (SSSR count). The minimum Gasteiger partial charge on any atom is -0.355 e. The first-order chi connectivity index (χ1) is 12.1. The Morgan fingerprint density at radius 1 is 0.880 bits per heavy atom. The van der Waals surface area contributed by atoms with Gasteiger partial charge in [-0.2, -0.15) is 0 Å². The van der Waals surface area contributed by atoms with Gasteiger partial charge >= 0.3 is 0 Å². The van der Waals surface area contributed by atoms with E-state index in [1.165, 1.54) is 12.1 Å². The summed E-state index contributed by atoms with van der Waals surface area (Å²) in [5, 5.41) is 5.69. The first kappa shape index (κ1) is 17.1. The Morgan fingerprint density at radius 3 is 2.16 bits per heavy atom. The van der Waals surface area contributed by atoms with E-state index in [1.807, 2.05) is 30.3 Å². The third-order valence-electron chi connectivity index (χ3n) is 4.53. The highest BCUT2D eigenvalue weighted by atomic mass is 19.1. The zero-order valence-corrected chi connectivity index (χ0v) is 13.9. The maximum atomic E-state index is 12.9. The van der Waals surface area contributed by atoms with E-state index in [9.17, 15) is 14.0 Å². The SMILES string of the molecule is O=C(NCCc1ccc(F)cc1)C1(C(=O)NCc2ccccc2)CC1. The highest BCUT2D eigenvalue weighted by molar-refractivity contribution is 6.07. The van der Waals surface area contributed by atoms with E-state index in [-0.39, 0.29) is 17.6 Å². The Kier molecular flexibility index (Phi) is 5.12. The van der Waals surface area contributed by atoms with E-state index >= 15 is 0 Å². The van der Waals surface area contributed by atoms with Crippen LogP contribution in [0.15, 0.2) is 54.6 Å². The molecule has 2 aromatic carbocycles. The first-order valence-electron chi connectivity index (χ1n) is 8.45. The Labute approximate surface area is 146 Å². The summed E-state index contributed by atoms with van der Waals surface area (Å²) in [6.07, 6.45) is 1.76. The molecule has 4 nitrogen and oxygen atoms in total. The van der Waals surface area contributed by atoms with Gasteiger partial charge in [0.2, 0.25) is 11.8 Å². The number of hydrogen-bond acceptors (Lipinski definition) is 2. The van der Waals surface area contributed by atoms with E-state index in [0.29, 0.717) is 32.4 Å². The average molecular weight is 340 g/mol. The minimum absolute atomic E-state index is 0.212. The number of rotatable bonds is 7. The number of amides is 2. The number of carbonyl (C=O) groups is 2. The predicted octanol–water partition coefficient (Wildman–Crippen LogP) is 2.58. The predicted molar refractivity (Wildman–Crippen MR) is 93.1 cm³/mol. The largest absolute Gasteiger partial charge is 0.355 e. The van der Waals surface area contributed by atoms with Crippen LogP contribution in [0.3, 0.4) is 0 Å². The second-order valence-corrected chi connectivity index (χ2v) is 6.38. The molecule has 5 heteroatoms. The summed E-state index contributed by atoms with van der Waals surface area (Å²) in [7, 11) is 0. The maximum absolute atomic E-state index is 12.9. The normalized spacial score (nSPS) is 14.6. The molecule has 0 bridgehead atoms. The molecule has 0 heterocycles. The van der Waals surface area contributed by atoms with Gasteiger partial charge in [0.15, 0.2) is 0 Å². The van der Waals surface area contributed by atoms with Crippen molar-refractivity contribution in [2.24, 2.45) is 5.41 Å². The summed E-state index contributed by atoms with van der Waals surface area (Å²) in [5.74, 6) is -0.712. The molecule has 0 unspecified atom stereocenters. The number of nitrogens with one attached hydrogen (secondary N) is 2. The van der Waals surface area contributed by atoms with Gasteiger partial charge in [-0.25, -0.2) is 4.39 Å². The third kappa shape index (κ3) is 4.24. The van der Waals surface area contributed by atoms with Crippen LogP contribution in [0, 0.1) is 11.2 Å². The second-order valence-electron chi connectivity index (χ2n) is 6.38. The van der Waals surface area contributed by atoms with Crippen LogP contribution >= 0.6 is 0 Å². The van der Waals surface area contributed by atoms with Crippen molar-refractivity contribution in [3.05, 3.63) is 71.5 Å². The van der Waals surface area contributed by atoms with Gasteiger partial charge in [-0.15, -0.1) is 0 Å². The van der Waals surface area contributed by atoms with Gasteiger partial charge in [0.05, 0.1) is 0 Å². The summed E-state index contributed by atoms with van der Waals surface area (Å²) < 4.78 is 12.9. The van der Waals surface area contributed by atoms with E-state index in [2.05, 4.69) is 10.6 Å². The van der Waals surface area contributed by atoms with Crippen molar-refractivity contribution in [1.29, 1.82) is 0 Å². The molecule has 2 amide bonds. The second kappa shape index (κ2) is 7.47. The average Bonchev–Trinajstić information content (AvgIpc) is 3.44. The fraction of sp³-hybridized carbons (Fsp3) is 0.300. The molecule has 25 heavy (non-hydrogen) atoms. The maximum Gasteiger partial charge on any atom is 0.235 e. The van der Waals surface area contributed by atoms with E-state index in [4.69, 9.17) is 0 Å². The molecule has 2 N–H and O–H groups in total. The van der Waals surface area contributed by atoms with Crippen molar-refractivity contribution < 1.29 is 14.0 Å². The van der Waals surface area contributed by atoms with E-state index in [1.54, 1.807) is 12.1 Å². The van der Waals surface area contributed by atoms with E-state index in [0.717, 1.165) is 11.1 Å². The summed E-state index contributed by atoms with van der Waals surface area (Å²) in [6, 6.07) is 15.8. The first-order valence-corrected chi connectivity index (χ1v) is 8.45. The molecule has 0 radical (unpaired) electrons. The van der Waals surface area contributed by atoms with Crippen molar-refractivity contribution in [2.75, 3.05) is 6.54 Å². The van der Waals surface area contributed by atoms with Crippen LogP contribution in [0.1, 0.15) is 24.0 Å². The Bertz CT molecular complexity index is 740. The molecule has 1 saturated carbocycles. The molecule has 1 aliphatic carbocycles. The summed E-state index contributed by atoms with van der Waals surface area (Å²) in [6.45, 7) is 0.850. The quantitative estimate of drug-likeness (QED) is 0.761. The van der Waals surface area contributed by atoms with Crippen LogP contribution in [-0.2, 0) is 22.6 Å². The number of benzene rings is 2. The van der Waals surface area contributed by atoms with Gasteiger partial charge < -0.3 is 10.6 Å². The lowest BCUT2D eigenvalue weighted by atomic mass is 10.0. The highest BCUT2D eigenvalue weighted by Crippen LogP contribution is 2.46. The van der Waals surface area contributed by atoms with Crippen molar-refractivity contribution >= 4 is 11.8 Å². The standard InChI is InChI=1S/C20H21FN2O2/c21-17-8-6-15(7-9-17)10-13-22-18(24)20(11-12-20)19(25)23-14-16-4-2-1-3-5-16/h1-9H,10-14H2,(H,22,24)(H,23,25). The molecule has 0 spiro atoms. The van der Waals surface area contributed by atoms with Crippen LogP contribution in [0.25, 0.3) is 0 Å². The monoisotopic (exact) mass is 340 g/mol. The van der Waals surface area contributed by atoms with Gasteiger partial charge in [-0.1, -0.05) is 42.5 Å². The Morgan fingerprint density at radius 2 is 1.52 bits per heavy atom. The molecular formula is C20H21FN2O2. The topological polar surface area (TPSA) is 58.2 Å². The molecule has 1 aliphatic rings. The molecule has 0 aromatic heterocycles. The van der Waals surface area contributed by atoms with Crippen molar-refractivity contribution in [3.8, 4) is 0 Å². The minimum atomic E-state index is -0.919. The lowest BCUT2D eigenvalue weighted by molar-refractivity contribution is -0.137. The van der Waals surface area contributed by atoms with Crippen LogP contribution in [0.2, 0.25) is 0 Å². The van der Waals surface area contributed by atoms with Crippen molar-refractivity contribution in [1.82, 2.24) is 10.6 Å². The molecule has 0 aliphatic heterocycles. The third-order valence-corrected chi connectivity index (χ3v) is 4.53. The summed E-state index contributed by atoms with van der Waals surface area (Å²) in [5.41, 5.74) is 1.03. The summed E-state index contributed by atoms with van der Waals surface area (Å²) >= 11 is 0. The number of hydrogen-bond donors (Lipinski definition) is 2. The van der Waals surface area contributed by atoms with Crippen LogP contribution < -0.4 is 10.6 Å². The van der Waals surface area contributed by atoms with Crippen LogP contribution in [0.5, 0.6) is 0 Å². The molecular weight excluding hydrogens is 319 g/mol. The molecule has 130 valence electrons. The van der Waals surface area contributed by atoms with Crippen molar-refractivity contribution in [2.45, 2.75) is 25.8 Å². The van der Waals surface area contributed by atoms with E-state index < -0.39 is 5.41 Å².